The van der Waals surface area contributed by atoms with Gasteiger partial charge in [-0.25, -0.2) is 4.79 Å². The summed E-state index contributed by atoms with van der Waals surface area (Å²) in [4.78, 5) is 16.7. The fourth-order valence-electron chi connectivity index (χ4n) is 2.86. The van der Waals surface area contributed by atoms with Crippen LogP contribution in [0, 0.1) is 0 Å². The minimum atomic E-state index is -0.151. The summed E-state index contributed by atoms with van der Waals surface area (Å²) in [6.45, 7) is 6.83. The van der Waals surface area contributed by atoms with Crippen molar-refractivity contribution in [3.8, 4) is 0 Å². The molecule has 0 saturated carbocycles. The molecule has 0 atom stereocenters. The van der Waals surface area contributed by atoms with Gasteiger partial charge in [0.05, 0.1) is 6.61 Å². The number of likely N-dealkylation sites (N-methyl/N-ethyl adjacent to an activating group) is 1. The minimum absolute atomic E-state index is 0.00817. The largest absolute Gasteiger partial charge is 0.392 e. The molecule has 1 heterocycles. The fraction of sp³-hybridized carbons (Fsp3) is 0.611. The number of urea groups is 1. The Bertz CT molecular complexity index is 502. The monoisotopic (exact) mass is 334 g/mol. The Balaban J connectivity index is 1.53. The molecule has 1 aliphatic rings. The Kier molecular flexibility index (Phi) is 8.01. The van der Waals surface area contributed by atoms with Gasteiger partial charge in [0, 0.05) is 39.3 Å². The van der Waals surface area contributed by atoms with Gasteiger partial charge in [-0.2, -0.15) is 0 Å². The number of benzene rings is 1. The van der Waals surface area contributed by atoms with E-state index in [1.165, 1.54) is 0 Å². The molecule has 134 valence electrons. The maximum atomic E-state index is 11.8. The zero-order valence-electron chi connectivity index (χ0n) is 14.6. The first-order valence-corrected chi connectivity index (χ1v) is 8.79. The molecule has 0 unspecified atom stereocenters. The standard InChI is InChI=1S/C18H30N4O2/c1-21-10-12-22(13-11-21)9-5-4-8-19-18(24)20-14-16-6-2-3-7-17(16)15-23/h2-3,6-7,23H,4-5,8-15H2,1H3,(H2,19,20,24). The van der Waals surface area contributed by atoms with Crippen molar-refractivity contribution in [2.75, 3.05) is 46.3 Å². The Morgan fingerprint density at radius 3 is 2.50 bits per heavy atom. The maximum absolute atomic E-state index is 11.8. The van der Waals surface area contributed by atoms with E-state index in [-0.39, 0.29) is 12.6 Å². The van der Waals surface area contributed by atoms with Crippen molar-refractivity contribution in [2.45, 2.75) is 26.0 Å². The van der Waals surface area contributed by atoms with Gasteiger partial charge in [-0.15, -0.1) is 0 Å². The van der Waals surface area contributed by atoms with Crippen molar-refractivity contribution in [3.63, 3.8) is 0 Å². The van der Waals surface area contributed by atoms with E-state index >= 15 is 0 Å². The van der Waals surface area contributed by atoms with Gasteiger partial charge in [0.15, 0.2) is 0 Å². The molecule has 1 aromatic rings. The summed E-state index contributed by atoms with van der Waals surface area (Å²) in [7, 11) is 2.17. The summed E-state index contributed by atoms with van der Waals surface area (Å²) in [5, 5.41) is 15.0. The second-order valence-electron chi connectivity index (χ2n) is 6.39. The first-order chi connectivity index (χ1) is 11.7. The van der Waals surface area contributed by atoms with Crippen LogP contribution in [0.1, 0.15) is 24.0 Å². The summed E-state index contributed by atoms with van der Waals surface area (Å²) in [5.41, 5.74) is 1.80. The number of hydrogen-bond donors (Lipinski definition) is 3. The predicted molar refractivity (Wildman–Crippen MR) is 95.8 cm³/mol. The van der Waals surface area contributed by atoms with Crippen LogP contribution < -0.4 is 10.6 Å². The molecule has 2 rings (SSSR count). The zero-order chi connectivity index (χ0) is 17.2. The van der Waals surface area contributed by atoms with E-state index < -0.39 is 0 Å². The van der Waals surface area contributed by atoms with Gasteiger partial charge in [0.25, 0.3) is 0 Å². The third-order valence-corrected chi connectivity index (χ3v) is 4.51. The van der Waals surface area contributed by atoms with Crippen LogP contribution in [0.15, 0.2) is 24.3 Å². The molecule has 0 aromatic heterocycles. The van der Waals surface area contributed by atoms with Crippen LogP contribution in [0.5, 0.6) is 0 Å². The van der Waals surface area contributed by atoms with Crippen molar-refractivity contribution in [3.05, 3.63) is 35.4 Å². The van der Waals surface area contributed by atoms with Crippen molar-refractivity contribution < 1.29 is 9.90 Å². The lowest BCUT2D eigenvalue weighted by molar-refractivity contribution is 0.152. The van der Waals surface area contributed by atoms with Crippen LogP contribution in [0.25, 0.3) is 0 Å². The Hall–Kier alpha value is -1.63. The second-order valence-corrected chi connectivity index (χ2v) is 6.39. The highest BCUT2D eigenvalue weighted by Gasteiger charge is 2.12. The van der Waals surface area contributed by atoms with Crippen LogP contribution in [0.4, 0.5) is 4.79 Å². The number of nitrogens with one attached hydrogen (secondary N) is 2. The lowest BCUT2D eigenvalue weighted by Crippen LogP contribution is -2.44. The summed E-state index contributed by atoms with van der Waals surface area (Å²) >= 11 is 0. The van der Waals surface area contributed by atoms with Crippen LogP contribution in [-0.2, 0) is 13.2 Å². The zero-order valence-corrected chi connectivity index (χ0v) is 14.6. The van der Waals surface area contributed by atoms with Crippen molar-refractivity contribution >= 4 is 6.03 Å². The number of aliphatic hydroxyl groups is 1. The lowest BCUT2D eigenvalue weighted by Gasteiger charge is -2.32. The van der Waals surface area contributed by atoms with E-state index in [1.54, 1.807) is 0 Å². The van der Waals surface area contributed by atoms with Gasteiger partial charge in [0.2, 0.25) is 0 Å². The summed E-state index contributed by atoms with van der Waals surface area (Å²) in [5.74, 6) is 0. The average molecular weight is 334 g/mol. The Labute approximate surface area is 144 Å². The number of nitrogens with zero attached hydrogens (tertiary/aromatic N) is 2. The lowest BCUT2D eigenvalue weighted by atomic mass is 10.1. The molecule has 0 bridgehead atoms. The van der Waals surface area contributed by atoms with E-state index in [9.17, 15) is 9.90 Å². The van der Waals surface area contributed by atoms with Crippen LogP contribution in [0.2, 0.25) is 0 Å². The molecule has 1 aliphatic heterocycles. The highest BCUT2D eigenvalue weighted by molar-refractivity contribution is 5.73. The van der Waals surface area contributed by atoms with E-state index in [0.29, 0.717) is 13.1 Å². The Morgan fingerprint density at radius 2 is 1.79 bits per heavy atom. The molecule has 6 nitrogen and oxygen atoms in total. The molecular formula is C18H30N4O2. The number of piperazine rings is 1. The van der Waals surface area contributed by atoms with Gasteiger partial charge in [0.1, 0.15) is 0 Å². The molecule has 1 aromatic carbocycles. The van der Waals surface area contributed by atoms with E-state index in [4.69, 9.17) is 0 Å². The van der Waals surface area contributed by atoms with E-state index in [1.807, 2.05) is 24.3 Å². The number of rotatable bonds is 8. The molecule has 0 radical (unpaired) electrons. The number of amides is 2. The number of unbranched alkanes of at least 4 members (excludes halogenated alkanes) is 1. The molecule has 1 saturated heterocycles. The van der Waals surface area contributed by atoms with Crippen LogP contribution in [0.3, 0.4) is 0 Å². The number of hydrogen-bond acceptors (Lipinski definition) is 4. The van der Waals surface area contributed by atoms with Crippen LogP contribution in [-0.4, -0.2) is 67.3 Å². The number of carbonyl (C=O) groups excluding carboxylic acids is 1. The van der Waals surface area contributed by atoms with E-state index in [2.05, 4.69) is 27.5 Å². The fourth-order valence-corrected chi connectivity index (χ4v) is 2.86. The smallest absolute Gasteiger partial charge is 0.315 e. The maximum Gasteiger partial charge on any atom is 0.315 e. The average Bonchev–Trinajstić information content (AvgIpc) is 2.61. The third-order valence-electron chi connectivity index (χ3n) is 4.51. The van der Waals surface area contributed by atoms with Gasteiger partial charge in [-0.3, -0.25) is 0 Å². The molecule has 24 heavy (non-hydrogen) atoms. The predicted octanol–water partition coefficient (Wildman–Crippen LogP) is 1.01. The highest BCUT2D eigenvalue weighted by Crippen LogP contribution is 2.07. The van der Waals surface area contributed by atoms with Crippen molar-refractivity contribution in [1.29, 1.82) is 0 Å². The molecular weight excluding hydrogens is 304 g/mol. The summed E-state index contributed by atoms with van der Waals surface area (Å²) in [6.07, 6.45) is 2.10. The molecule has 0 aliphatic carbocycles. The molecule has 1 fully saturated rings. The first kappa shape index (κ1) is 18.7. The highest BCUT2D eigenvalue weighted by atomic mass is 16.3. The third kappa shape index (κ3) is 6.47. The van der Waals surface area contributed by atoms with Gasteiger partial charge < -0.3 is 25.5 Å². The molecule has 3 N–H and O–H groups in total. The number of aliphatic hydroxyl groups excluding tert-OH is 1. The summed E-state index contributed by atoms with van der Waals surface area (Å²) in [6, 6.07) is 7.43. The van der Waals surface area contributed by atoms with Crippen LogP contribution >= 0.6 is 0 Å². The molecule has 0 spiro atoms. The SMILES string of the molecule is CN1CCN(CCCCNC(=O)NCc2ccccc2CO)CC1. The number of carbonyl (C=O) groups is 1. The van der Waals surface area contributed by atoms with Crippen molar-refractivity contribution in [2.24, 2.45) is 0 Å². The Morgan fingerprint density at radius 1 is 1.08 bits per heavy atom. The normalized spacial score (nSPS) is 16.1. The minimum Gasteiger partial charge on any atom is -0.392 e. The van der Waals surface area contributed by atoms with Gasteiger partial charge >= 0.3 is 6.03 Å². The van der Waals surface area contributed by atoms with E-state index in [0.717, 1.165) is 56.7 Å². The van der Waals surface area contributed by atoms with Crippen molar-refractivity contribution in [1.82, 2.24) is 20.4 Å². The van der Waals surface area contributed by atoms with Gasteiger partial charge in [-0.05, 0) is 37.6 Å². The topological polar surface area (TPSA) is 67.8 Å². The second kappa shape index (κ2) is 10.3. The molecule has 6 heteroatoms. The molecule has 2 amide bonds. The first-order valence-electron chi connectivity index (χ1n) is 8.79. The summed E-state index contributed by atoms with van der Waals surface area (Å²) < 4.78 is 0. The quantitative estimate of drug-likeness (QED) is 0.621. The van der Waals surface area contributed by atoms with Gasteiger partial charge in [-0.1, -0.05) is 24.3 Å².